The molecule has 2 aromatic rings. The first kappa shape index (κ1) is 23.4. The molecule has 3 N–H and O–H groups in total. The Morgan fingerprint density at radius 3 is 2.14 bits per heavy atom. The van der Waals surface area contributed by atoms with Crippen molar-refractivity contribution in [3.63, 3.8) is 0 Å². The quantitative estimate of drug-likeness (QED) is 0.565. The van der Waals surface area contributed by atoms with Crippen LogP contribution in [-0.2, 0) is 14.3 Å². The summed E-state index contributed by atoms with van der Waals surface area (Å²) in [6.45, 7) is 1.87. The van der Waals surface area contributed by atoms with Crippen LogP contribution in [0.25, 0.3) is 11.1 Å². The van der Waals surface area contributed by atoms with Crippen molar-refractivity contribution in [1.82, 2.24) is 10.6 Å². The Morgan fingerprint density at radius 1 is 0.943 bits per heavy atom. The summed E-state index contributed by atoms with van der Waals surface area (Å²) in [5.41, 5.74) is 2.51. The molecule has 0 aromatic heterocycles. The van der Waals surface area contributed by atoms with Crippen molar-refractivity contribution in [1.29, 1.82) is 0 Å². The number of rotatable bonds is 6. The summed E-state index contributed by atoms with van der Waals surface area (Å²) in [5, 5.41) is 15.5. The first-order chi connectivity index (χ1) is 16.8. The minimum absolute atomic E-state index is 0.0590. The van der Waals surface area contributed by atoms with Crippen molar-refractivity contribution >= 4 is 18.0 Å². The highest BCUT2D eigenvalue weighted by Gasteiger charge is 2.50. The number of nitrogens with one attached hydrogen (secondary N) is 2. The zero-order chi connectivity index (χ0) is 24.6. The smallest absolute Gasteiger partial charge is 0.408 e. The summed E-state index contributed by atoms with van der Waals surface area (Å²) >= 11 is 0. The zero-order valence-corrected chi connectivity index (χ0v) is 20.0. The van der Waals surface area contributed by atoms with E-state index in [1.54, 1.807) is 6.92 Å². The Morgan fingerprint density at radius 2 is 1.54 bits per heavy atom. The second-order valence-corrected chi connectivity index (χ2v) is 10.4. The molecule has 0 radical (unpaired) electrons. The molecule has 2 atom stereocenters. The highest BCUT2D eigenvalue weighted by Crippen LogP contribution is 2.44. The second-order valence-electron chi connectivity index (χ2n) is 10.4. The molecule has 3 aliphatic rings. The van der Waals surface area contributed by atoms with Crippen LogP contribution < -0.4 is 10.6 Å². The van der Waals surface area contributed by atoms with Crippen molar-refractivity contribution in [2.24, 2.45) is 5.41 Å². The Balaban J connectivity index is 1.27. The summed E-state index contributed by atoms with van der Waals surface area (Å²) in [7, 11) is 0. The molecule has 2 aromatic carbocycles. The molecule has 0 bridgehead atoms. The van der Waals surface area contributed by atoms with Gasteiger partial charge in [0.25, 0.3) is 0 Å². The van der Waals surface area contributed by atoms with Gasteiger partial charge in [-0.3, -0.25) is 9.59 Å². The van der Waals surface area contributed by atoms with Crippen molar-refractivity contribution in [2.45, 2.75) is 69.4 Å². The fourth-order valence-corrected chi connectivity index (χ4v) is 6.17. The van der Waals surface area contributed by atoms with E-state index in [9.17, 15) is 19.5 Å². The van der Waals surface area contributed by atoms with E-state index in [1.165, 1.54) is 0 Å². The van der Waals surface area contributed by atoms with Gasteiger partial charge in [0.2, 0.25) is 5.91 Å². The molecule has 2 unspecified atom stereocenters. The van der Waals surface area contributed by atoms with Gasteiger partial charge in [-0.25, -0.2) is 4.79 Å². The van der Waals surface area contributed by atoms with Crippen LogP contribution in [-0.4, -0.2) is 41.3 Å². The highest BCUT2D eigenvalue weighted by atomic mass is 16.5. The monoisotopic (exact) mass is 476 g/mol. The van der Waals surface area contributed by atoms with E-state index < -0.39 is 29.1 Å². The Labute approximate surface area is 205 Å². The van der Waals surface area contributed by atoms with Crippen LogP contribution in [0.3, 0.4) is 0 Å². The lowest BCUT2D eigenvalue weighted by molar-refractivity contribution is -0.149. The molecule has 184 valence electrons. The van der Waals surface area contributed by atoms with Gasteiger partial charge >= 0.3 is 12.1 Å². The van der Waals surface area contributed by atoms with E-state index in [1.807, 2.05) is 24.3 Å². The molecular formula is C28H32N2O5. The molecular weight excluding hydrogens is 444 g/mol. The summed E-state index contributed by atoms with van der Waals surface area (Å²) < 4.78 is 5.70. The number of aliphatic carboxylic acids is 1. The third-order valence-corrected chi connectivity index (χ3v) is 8.33. The molecule has 5 rings (SSSR count). The second kappa shape index (κ2) is 9.02. The number of fused-ring (bicyclic) bond motifs is 3. The lowest BCUT2D eigenvalue weighted by Crippen LogP contribution is -2.60. The van der Waals surface area contributed by atoms with Crippen LogP contribution in [0.15, 0.2) is 48.5 Å². The number of carbonyl (C=O) groups excluding carboxylic acids is 2. The normalized spacial score (nSPS) is 24.4. The average molecular weight is 477 g/mol. The minimum Gasteiger partial charge on any atom is -0.481 e. The predicted molar refractivity (Wildman–Crippen MR) is 131 cm³/mol. The molecule has 35 heavy (non-hydrogen) atoms. The van der Waals surface area contributed by atoms with Gasteiger partial charge in [0.05, 0.1) is 5.41 Å². The molecule has 7 nitrogen and oxygen atoms in total. The lowest BCUT2D eigenvalue weighted by atomic mass is 9.84. The first-order valence-electron chi connectivity index (χ1n) is 12.5. The number of carboxylic acids is 1. The minimum atomic E-state index is -1.06. The van der Waals surface area contributed by atoms with Gasteiger partial charge in [0, 0.05) is 12.0 Å². The predicted octanol–water partition coefficient (Wildman–Crippen LogP) is 4.60. The van der Waals surface area contributed by atoms with Crippen LogP contribution in [0.4, 0.5) is 4.79 Å². The van der Waals surface area contributed by atoms with Gasteiger partial charge in [0.1, 0.15) is 12.1 Å². The maximum atomic E-state index is 13.4. The fourth-order valence-electron chi connectivity index (χ4n) is 6.17. The van der Waals surface area contributed by atoms with Gasteiger partial charge in [-0.05, 0) is 54.9 Å². The number of hydrogen-bond donors (Lipinski definition) is 3. The van der Waals surface area contributed by atoms with Crippen LogP contribution in [0.5, 0.6) is 0 Å². The van der Waals surface area contributed by atoms with Crippen molar-refractivity contribution in [3.05, 3.63) is 59.7 Å². The summed E-state index contributed by atoms with van der Waals surface area (Å²) in [5.74, 6) is -1.26. The Kier molecular flexibility index (Phi) is 6.03. The molecule has 7 heteroatoms. The van der Waals surface area contributed by atoms with Gasteiger partial charge < -0.3 is 20.5 Å². The van der Waals surface area contributed by atoms with Crippen molar-refractivity contribution in [3.8, 4) is 11.1 Å². The van der Waals surface area contributed by atoms with Crippen LogP contribution in [0.1, 0.15) is 68.9 Å². The Bertz CT molecular complexity index is 1110. The van der Waals surface area contributed by atoms with E-state index in [-0.39, 0.29) is 18.4 Å². The summed E-state index contributed by atoms with van der Waals surface area (Å²) in [6, 6.07) is 15.8. The van der Waals surface area contributed by atoms with Crippen LogP contribution >= 0.6 is 0 Å². The first-order valence-corrected chi connectivity index (χ1v) is 12.5. The van der Waals surface area contributed by atoms with E-state index in [0.29, 0.717) is 25.7 Å². The van der Waals surface area contributed by atoms with Crippen LogP contribution in [0.2, 0.25) is 0 Å². The molecule has 0 spiro atoms. The third kappa shape index (κ3) is 4.07. The molecule has 0 heterocycles. The topological polar surface area (TPSA) is 105 Å². The van der Waals surface area contributed by atoms with E-state index in [2.05, 4.69) is 34.9 Å². The molecule has 0 saturated heterocycles. The lowest BCUT2D eigenvalue weighted by Gasteiger charge is -2.34. The van der Waals surface area contributed by atoms with Gasteiger partial charge in [-0.1, -0.05) is 67.8 Å². The van der Waals surface area contributed by atoms with E-state index in [4.69, 9.17) is 4.74 Å². The number of benzene rings is 2. The maximum Gasteiger partial charge on any atom is 0.408 e. The average Bonchev–Trinajstić information content (AvgIpc) is 3.55. The number of carbonyl (C=O) groups is 3. The zero-order valence-electron chi connectivity index (χ0n) is 20.0. The van der Waals surface area contributed by atoms with Gasteiger partial charge in [-0.15, -0.1) is 0 Å². The fraction of sp³-hybridized carbons (Fsp3) is 0.464. The Hall–Kier alpha value is -3.35. The standard InChI is InChI=1S/C28H32N2O5/c1-27(25(32)33)14-8-13-23(27)29-24(31)28(15-6-7-16-28)30-26(34)35-17-22-20-11-4-2-9-18(20)19-10-3-5-12-21(19)22/h2-5,9-12,22-23H,6-8,13-17H2,1H3,(H,29,31)(H,30,34)(H,32,33). The largest absolute Gasteiger partial charge is 0.481 e. The maximum absolute atomic E-state index is 13.4. The van der Waals surface area contributed by atoms with Crippen molar-refractivity contribution in [2.75, 3.05) is 6.61 Å². The number of ether oxygens (including phenoxy) is 1. The third-order valence-electron chi connectivity index (χ3n) is 8.33. The molecule has 2 amide bonds. The molecule has 0 aliphatic heterocycles. The van der Waals surface area contributed by atoms with E-state index >= 15 is 0 Å². The SMILES string of the molecule is CC1(C(=O)O)CCCC1NC(=O)C1(NC(=O)OCC2c3ccccc3-c3ccccc32)CCCC1. The summed E-state index contributed by atoms with van der Waals surface area (Å²) in [4.78, 5) is 38.2. The van der Waals surface area contributed by atoms with Gasteiger partial charge in [0.15, 0.2) is 0 Å². The number of hydrogen-bond acceptors (Lipinski definition) is 4. The summed E-state index contributed by atoms with van der Waals surface area (Å²) in [6.07, 6.45) is 3.95. The van der Waals surface area contributed by atoms with Crippen LogP contribution in [0, 0.1) is 5.41 Å². The van der Waals surface area contributed by atoms with Crippen molar-refractivity contribution < 1.29 is 24.2 Å². The number of alkyl carbamates (subject to hydrolysis) is 1. The highest BCUT2D eigenvalue weighted by molar-refractivity contribution is 5.91. The molecule has 3 aliphatic carbocycles. The van der Waals surface area contributed by atoms with Gasteiger partial charge in [-0.2, -0.15) is 0 Å². The molecule has 2 saturated carbocycles. The number of carboxylic acid groups (broad SMARTS) is 1. The molecule has 2 fully saturated rings. The number of amides is 2. The van der Waals surface area contributed by atoms with E-state index in [0.717, 1.165) is 41.5 Å².